The summed E-state index contributed by atoms with van der Waals surface area (Å²) in [6.45, 7) is 2.80. The molecular weight excluding hydrogens is 334 g/mol. The summed E-state index contributed by atoms with van der Waals surface area (Å²) < 4.78 is 5.71. The first-order valence-corrected chi connectivity index (χ1v) is 9.90. The monoisotopic (exact) mass is 355 g/mol. The fourth-order valence-corrected chi connectivity index (χ4v) is 3.89. The van der Waals surface area contributed by atoms with Gasteiger partial charge in [-0.15, -0.1) is 0 Å². The van der Waals surface area contributed by atoms with Crippen LogP contribution < -0.4 is 0 Å². The van der Waals surface area contributed by atoms with E-state index in [1.54, 1.807) is 17.8 Å². The third-order valence-corrected chi connectivity index (χ3v) is 5.22. The number of aryl methyl sites for hydroxylation is 1. The van der Waals surface area contributed by atoms with Crippen LogP contribution in [0.15, 0.2) is 34.7 Å². The van der Waals surface area contributed by atoms with Gasteiger partial charge in [-0.3, -0.25) is 4.79 Å². The molecule has 0 saturated carbocycles. The first-order chi connectivity index (χ1) is 12.2. The van der Waals surface area contributed by atoms with Crippen LogP contribution in [0.25, 0.3) is 11.0 Å². The van der Waals surface area contributed by atoms with Crippen molar-refractivity contribution in [1.82, 2.24) is 14.9 Å². The molecule has 25 heavy (non-hydrogen) atoms. The second-order valence-corrected chi connectivity index (χ2v) is 7.36. The topological polar surface area (TPSA) is 62.1 Å². The number of imidazole rings is 1. The van der Waals surface area contributed by atoms with E-state index in [0.717, 1.165) is 47.8 Å². The molecule has 3 aromatic rings. The summed E-state index contributed by atoms with van der Waals surface area (Å²) >= 11 is 1.68. The van der Waals surface area contributed by atoms with Gasteiger partial charge in [0.2, 0.25) is 0 Å². The molecule has 0 radical (unpaired) electrons. The van der Waals surface area contributed by atoms with Gasteiger partial charge in [-0.1, -0.05) is 6.07 Å². The number of nitrogens with one attached hydrogen (secondary N) is 1. The van der Waals surface area contributed by atoms with Gasteiger partial charge < -0.3 is 14.3 Å². The highest BCUT2D eigenvalue weighted by atomic mass is 32.2. The lowest BCUT2D eigenvalue weighted by molar-refractivity contribution is 0.0696. The third kappa shape index (κ3) is 3.06. The van der Waals surface area contributed by atoms with Crippen molar-refractivity contribution in [2.24, 2.45) is 0 Å². The molecule has 1 saturated heterocycles. The molecule has 0 bridgehead atoms. The van der Waals surface area contributed by atoms with Crippen molar-refractivity contribution in [2.45, 2.75) is 31.6 Å². The van der Waals surface area contributed by atoms with E-state index in [2.05, 4.69) is 24.0 Å². The maximum atomic E-state index is 12.9. The average Bonchev–Trinajstić information content (AvgIpc) is 3.32. The highest BCUT2D eigenvalue weighted by Gasteiger charge is 2.34. The summed E-state index contributed by atoms with van der Waals surface area (Å²) in [5, 5.41) is 0. The SMILES string of the molecule is CSCc1ccc(C(=O)N2CCC[C@@H]2c2nc3ccc(C)cc3[nH]2)o1. The highest BCUT2D eigenvalue weighted by molar-refractivity contribution is 7.97. The van der Waals surface area contributed by atoms with Gasteiger partial charge in [0, 0.05) is 6.54 Å². The Morgan fingerprint density at radius 1 is 1.40 bits per heavy atom. The summed E-state index contributed by atoms with van der Waals surface area (Å²) in [6, 6.07) is 9.82. The maximum absolute atomic E-state index is 12.9. The zero-order valence-electron chi connectivity index (χ0n) is 14.4. The molecule has 1 amide bonds. The van der Waals surface area contributed by atoms with Crippen LogP contribution in [-0.4, -0.2) is 33.6 Å². The fourth-order valence-electron chi connectivity index (χ4n) is 3.45. The number of aromatic amines is 1. The molecule has 6 heteroatoms. The summed E-state index contributed by atoms with van der Waals surface area (Å²) in [4.78, 5) is 22.9. The standard InChI is InChI=1S/C19H21N3O2S/c1-12-5-7-14-15(10-12)21-18(20-14)16-4-3-9-22(16)19(23)17-8-6-13(24-17)11-25-2/h5-8,10,16H,3-4,9,11H2,1-2H3,(H,20,21)/t16-/m1/s1. The summed E-state index contributed by atoms with van der Waals surface area (Å²) in [6.07, 6.45) is 3.91. The number of carbonyl (C=O) groups excluding carboxylic acids is 1. The van der Waals surface area contributed by atoms with Crippen molar-refractivity contribution >= 4 is 28.7 Å². The van der Waals surface area contributed by atoms with Gasteiger partial charge in [0.05, 0.1) is 22.8 Å². The molecule has 1 N–H and O–H groups in total. The van der Waals surface area contributed by atoms with E-state index in [9.17, 15) is 4.79 Å². The average molecular weight is 355 g/mol. The molecule has 0 aliphatic carbocycles. The van der Waals surface area contributed by atoms with Crippen LogP contribution >= 0.6 is 11.8 Å². The number of aromatic nitrogens is 2. The van der Waals surface area contributed by atoms with Crippen molar-refractivity contribution < 1.29 is 9.21 Å². The highest BCUT2D eigenvalue weighted by Crippen LogP contribution is 2.33. The van der Waals surface area contributed by atoms with E-state index in [-0.39, 0.29) is 11.9 Å². The lowest BCUT2D eigenvalue weighted by atomic mass is 10.2. The number of rotatable bonds is 4. The molecule has 5 nitrogen and oxygen atoms in total. The quantitative estimate of drug-likeness (QED) is 0.758. The normalized spacial score (nSPS) is 17.5. The number of carbonyl (C=O) groups is 1. The van der Waals surface area contributed by atoms with Gasteiger partial charge in [0.15, 0.2) is 5.76 Å². The Balaban J connectivity index is 1.61. The zero-order chi connectivity index (χ0) is 17.4. The van der Waals surface area contributed by atoms with Crippen LogP contribution in [0.3, 0.4) is 0 Å². The molecule has 0 unspecified atom stereocenters. The second kappa shape index (κ2) is 6.59. The van der Waals surface area contributed by atoms with Gasteiger partial charge in [0.1, 0.15) is 11.6 Å². The number of likely N-dealkylation sites (tertiary alicyclic amines) is 1. The lowest BCUT2D eigenvalue weighted by Gasteiger charge is -2.22. The molecule has 2 aromatic heterocycles. The Morgan fingerprint density at radius 3 is 3.12 bits per heavy atom. The van der Waals surface area contributed by atoms with Crippen LogP contribution in [0.2, 0.25) is 0 Å². The molecule has 3 heterocycles. The van der Waals surface area contributed by atoms with Crippen LogP contribution in [0, 0.1) is 6.92 Å². The summed E-state index contributed by atoms with van der Waals surface area (Å²) in [7, 11) is 0. The van der Waals surface area contributed by atoms with E-state index < -0.39 is 0 Å². The Morgan fingerprint density at radius 2 is 2.28 bits per heavy atom. The van der Waals surface area contributed by atoms with E-state index in [1.165, 1.54) is 5.56 Å². The largest absolute Gasteiger partial charge is 0.455 e. The van der Waals surface area contributed by atoms with Gasteiger partial charge in [-0.05, 0) is 55.9 Å². The number of furan rings is 1. The Labute approximate surface area is 150 Å². The van der Waals surface area contributed by atoms with Crippen molar-refractivity contribution in [3.63, 3.8) is 0 Å². The predicted octanol–water partition coefficient (Wildman–Crippen LogP) is 4.30. The number of fused-ring (bicyclic) bond motifs is 1. The molecule has 1 aliphatic heterocycles. The number of hydrogen-bond donors (Lipinski definition) is 1. The first kappa shape index (κ1) is 16.3. The Kier molecular flexibility index (Phi) is 4.29. The number of nitrogens with zero attached hydrogens (tertiary/aromatic N) is 2. The van der Waals surface area contributed by atoms with Crippen molar-refractivity contribution in [2.75, 3.05) is 12.8 Å². The zero-order valence-corrected chi connectivity index (χ0v) is 15.2. The van der Waals surface area contributed by atoms with E-state index in [4.69, 9.17) is 9.40 Å². The molecule has 1 aromatic carbocycles. The fraction of sp³-hybridized carbons (Fsp3) is 0.368. The summed E-state index contributed by atoms with van der Waals surface area (Å²) in [5.74, 6) is 2.85. The van der Waals surface area contributed by atoms with Crippen LogP contribution in [0.4, 0.5) is 0 Å². The Hall–Kier alpha value is -2.21. The van der Waals surface area contributed by atoms with Crippen LogP contribution in [-0.2, 0) is 5.75 Å². The van der Waals surface area contributed by atoms with Gasteiger partial charge >= 0.3 is 0 Å². The number of H-pyrrole nitrogens is 1. The molecule has 0 spiro atoms. The number of thioether (sulfide) groups is 1. The van der Waals surface area contributed by atoms with Gasteiger partial charge in [-0.25, -0.2) is 4.98 Å². The number of benzene rings is 1. The van der Waals surface area contributed by atoms with Gasteiger partial charge in [-0.2, -0.15) is 11.8 Å². The minimum absolute atomic E-state index is 0.0192. The van der Waals surface area contributed by atoms with Crippen LogP contribution in [0.1, 0.15) is 46.6 Å². The molecule has 130 valence electrons. The van der Waals surface area contributed by atoms with Crippen LogP contribution in [0.5, 0.6) is 0 Å². The minimum atomic E-state index is -0.0495. The molecular formula is C19H21N3O2S. The minimum Gasteiger partial charge on any atom is -0.455 e. The molecule has 1 fully saturated rings. The number of amides is 1. The molecule has 1 atom stereocenters. The predicted molar refractivity (Wildman–Crippen MR) is 99.8 cm³/mol. The van der Waals surface area contributed by atoms with Gasteiger partial charge in [0.25, 0.3) is 5.91 Å². The third-order valence-electron chi connectivity index (χ3n) is 4.64. The maximum Gasteiger partial charge on any atom is 0.290 e. The lowest BCUT2D eigenvalue weighted by Crippen LogP contribution is -2.30. The van der Waals surface area contributed by atoms with E-state index >= 15 is 0 Å². The Bertz CT molecular complexity index is 914. The molecule has 1 aliphatic rings. The smallest absolute Gasteiger partial charge is 0.290 e. The molecule has 4 rings (SSSR count). The second-order valence-electron chi connectivity index (χ2n) is 6.50. The van der Waals surface area contributed by atoms with Crippen molar-refractivity contribution in [3.05, 3.63) is 53.2 Å². The van der Waals surface area contributed by atoms with Crippen molar-refractivity contribution in [3.8, 4) is 0 Å². The number of hydrogen-bond acceptors (Lipinski definition) is 4. The van der Waals surface area contributed by atoms with E-state index in [1.807, 2.05) is 23.3 Å². The van der Waals surface area contributed by atoms with Crippen molar-refractivity contribution in [1.29, 1.82) is 0 Å². The first-order valence-electron chi connectivity index (χ1n) is 8.50. The van der Waals surface area contributed by atoms with E-state index in [0.29, 0.717) is 5.76 Å². The summed E-state index contributed by atoms with van der Waals surface area (Å²) in [5.41, 5.74) is 3.16.